The van der Waals surface area contributed by atoms with Crippen molar-refractivity contribution in [3.8, 4) is 0 Å². The van der Waals surface area contributed by atoms with Crippen LogP contribution in [0.5, 0.6) is 0 Å². The number of aliphatic imine (C=N–C) groups is 1. The van der Waals surface area contributed by atoms with Gasteiger partial charge in [0.05, 0.1) is 5.54 Å². The minimum atomic E-state index is 0.0220. The highest BCUT2D eigenvalue weighted by molar-refractivity contribution is 5.51. The summed E-state index contributed by atoms with van der Waals surface area (Å²) in [5.74, 6) is 0.544. The normalized spacial score (nSPS) is 36.3. The highest BCUT2D eigenvalue weighted by Crippen LogP contribution is 2.30. The summed E-state index contributed by atoms with van der Waals surface area (Å²) >= 11 is 0. The third kappa shape index (κ3) is 1.39. The Hall–Kier alpha value is -0.530. The molecule has 0 radical (unpaired) electrons. The van der Waals surface area contributed by atoms with Crippen LogP contribution in [0.1, 0.15) is 34.1 Å². The van der Waals surface area contributed by atoms with Crippen LogP contribution >= 0.6 is 0 Å². The van der Waals surface area contributed by atoms with Gasteiger partial charge >= 0.3 is 0 Å². The van der Waals surface area contributed by atoms with Gasteiger partial charge in [0.2, 0.25) is 0 Å². The first-order chi connectivity index (χ1) is 5.10. The maximum Gasteiger partial charge on any atom is 0.170 e. The molecule has 1 rings (SSSR count). The van der Waals surface area contributed by atoms with Crippen LogP contribution in [0.15, 0.2) is 4.99 Å². The maximum absolute atomic E-state index is 5.43. The Morgan fingerprint density at radius 1 is 1.64 bits per heavy atom. The minimum Gasteiger partial charge on any atom is -0.478 e. The lowest BCUT2D eigenvalue weighted by Gasteiger charge is -2.28. The fraction of sp³-hybridized carbons (Fsp3) is 0.889. The molecule has 1 heterocycles. The monoisotopic (exact) mass is 155 g/mol. The van der Waals surface area contributed by atoms with Crippen LogP contribution in [0.2, 0.25) is 0 Å². The van der Waals surface area contributed by atoms with Gasteiger partial charge < -0.3 is 4.74 Å². The molecule has 0 amide bonds. The van der Waals surface area contributed by atoms with E-state index in [1.54, 1.807) is 6.40 Å². The molecule has 0 aromatic rings. The van der Waals surface area contributed by atoms with Gasteiger partial charge in [-0.25, -0.2) is 4.99 Å². The maximum atomic E-state index is 5.43. The predicted molar refractivity (Wildman–Crippen MR) is 46.9 cm³/mol. The molecule has 0 aromatic carbocycles. The number of hydrogen-bond acceptors (Lipinski definition) is 2. The average molecular weight is 155 g/mol. The van der Waals surface area contributed by atoms with E-state index in [1.165, 1.54) is 0 Å². The van der Waals surface area contributed by atoms with E-state index in [0.717, 1.165) is 6.42 Å². The van der Waals surface area contributed by atoms with Crippen molar-refractivity contribution in [1.29, 1.82) is 0 Å². The van der Waals surface area contributed by atoms with Crippen molar-refractivity contribution in [3.63, 3.8) is 0 Å². The standard InChI is InChI=1S/C9H17NO/c1-5-9(4)8(7(2)3)11-6-10-9/h6-8H,5H2,1-4H3/t8?,9-/m0/s1. The van der Waals surface area contributed by atoms with Crippen molar-refractivity contribution in [2.24, 2.45) is 10.9 Å². The zero-order valence-electron chi connectivity index (χ0n) is 7.79. The van der Waals surface area contributed by atoms with Crippen LogP contribution in [0.25, 0.3) is 0 Å². The van der Waals surface area contributed by atoms with Crippen molar-refractivity contribution >= 4 is 6.40 Å². The molecule has 2 atom stereocenters. The van der Waals surface area contributed by atoms with Crippen molar-refractivity contribution in [1.82, 2.24) is 0 Å². The highest BCUT2D eigenvalue weighted by Gasteiger charge is 2.38. The number of ether oxygens (including phenoxy) is 1. The second kappa shape index (κ2) is 2.84. The number of hydrogen-bond donors (Lipinski definition) is 0. The van der Waals surface area contributed by atoms with Crippen molar-refractivity contribution in [3.05, 3.63) is 0 Å². The smallest absolute Gasteiger partial charge is 0.170 e. The van der Waals surface area contributed by atoms with E-state index in [9.17, 15) is 0 Å². The van der Waals surface area contributed by atoms with Gasteiger partial charge in [0.15, 0.2) is 6.40 Å². The largest absolute Gasteiger partial charge is 0.478 e. The van der Waals surface area contributed by atoms with Gasteiger partial charge in [-0.1, -0.05) is 20.8 Å². The van der Waals surface area contributed by atoms with Crippen LogP contribution in [0.3, 0.4) is 0 Å². The number of nitrogens with zero attached hydrogens (tertiary/aromatic N) is 1. The second-order valence-electron chi connectivity index (χ2n) is 3.75. The van der Waals surface area contributed by atoms with Crippen LogP contribution < -0.4 is 0 Å². The molecule has 0 saturated carbocycles. The summed E-state index contributed by atoms with van der Waals surface area (Å²) in [6.45, 7) is 8.66. The minimum absolute atomic E-state index is 0.0220. The van der Waals surface area contributed by atoms with Crippen LogP contribution in [-0.4, -0.2) is 18.0 Å². The van der Waals surface area contributed by atoms with Gasteiger partial charge in [0.1, 0.15) is 6.10 Å². The molecule has 1 aliphatic heterocycles. The quantitative estimate of drug-likeness (QED) is 0.599. The summed E-state index contributed by atoms with van der Waals surface area (Å²) in [5, 5.41) is 0. The van der Waals surface area contributed by atoms with Gasteiger partial charge in [-0.2, -0.15) is 0 Å². The van der Waals surface area contributed by atoms with Crippen molar-refractivity contribution in [2.45, 2.75) is 45.8 Å². The number of rotatable bonds is 2. The fourth-order valence-electron chi connectivity index (χ4n) is 1.60. The Balaban J connectivity index is 2.70. The van der Waals surface area contributed by atoms with E-state index in [1.807, 2.05) is 0 Å². The molecule has 0 saturated heterocycles. The van der Waals surface area contributed by atoms with Gasteiger partial charge in [0.25, 0.3) is 0 Å². The molecule has 2 nitrogen and oxygen atoms in total. The fourth-order valence-corrected chi connectivity index (χ4v) is 1.60. The molecule has 1 aliphatic rings. The lowest BCUT2D eigenvalue weighted by Crippen LogP contribution is -2.38. The molecular weight excluding hydrogens is 138 g/mol. The Kier molecular flexibility index (Phi) is 2.21. The van der Waals surface area contributed by atoms with Gasteiger partial charge in [-0.3, -0.25) is 0 Å². The third-order valence-electron chi connectivity index (χ3n) is 2.49. The van der Waals surface area contributed by atoms with E-state index >= 15 is 0 Å². The Morgan fingerprint density at radius 2 is 2.27 bits per heavy atom. The zero-order chi connectivity index (χ0) is 8.48. The van der Waals surface area contributed by atoms with E-state index in [-0.39, 0.29) is 11.6 Å². The van der Waals surface area contributed by atoms with E-state index in [4.69, 9.17) is 4.74 Å². The molecule has 64 valence electrons. The molecule has 0 bridgehead atoms. The first-order valence-corrected chi connectivity index (χ1v) is 4.29. The molecule has 0 N–H and O–H groups in total. The van der Waals surface area contributed by atoms with Gasteiger partial charge in [-0.15, -0.1) is 0 Å². The molecule has 1 unspecified atom stereocenters. The molecule has 0 spiro atoms. The Morgan fingerprint density at radius 3 is 2.64 bits per heavy atom. The lowest BCUT2D eigenvalue weighted by atomic mass is 9.86. The van der Waals surface area contributed by atoms with Crippen LogP contribution in [0.4, 0.5) is 0 Å². The first-order valence-electron chi connectivity index (χ1n) is 4.29. The lowest BCUT2D eigenvalue weighted by molar-refractivity contribution is 0.101. The molecule has 0 aliphatic carbocycles. The van der Waals surface area contributed by atoms with Crippen molar-refractivity contribution < 1.29 is 4.74 Å². The van der Waals surface area contributed by atoms with E-state index in [0.29, 0.717) is 5.92 Å². The third-order valence-corrected chi connectivity index (χ3v) is 2.49. The Bertz CT molecular complexity index is 165. The highest BCUT2D eigenvalue weighted by atomic mass is 16.5. The summed E-state index contributed by atoms with van der Waals surface area (Å²) in [7, 11) is 0. The predicted octanol–water partition coefficient (Wildman–Crippen LogP) is 2.24. The van der Waals surface area contributed by atoms with Gasteiger partial charge in [-0.05, 0) is 19.3 Å². The topological polar surface area (TPSA) is 21.6 Å². The molecule has 11 heavy (non-hydrogen) atoms. The SMILES string of the molecule is CC[C@]1(C)N=COC1C(C)C. The van der Waals surface area contributed by atoms with Gasteiger partial charge in [0, 0.05) is 0 Å². The summed E-state index contributed by atoms with van der Waals surface area (Å²) in [5.41, 5.74) is 0.0220. The summed E-state index contributed by atoms with van der Waals surface area (Å²) in [6.07, 6.45) is 2.92. The van der Waals surface area contributed by atoms with Crippen molar-refractivity contribution in [2.75, 3.05) is 0 Å². The van der Waals surface area contributed by atoms with Crippen LogP contribution in [-0.2, 0) is 4.74 Å². The molecule has 0 aromatic heterocycles. The summed E-state index contributed by atoms with van der Waals surface area (Å²) in [4.78, 5) is 4.34. The van der Waals surface area contributed by atoms with E-state index < -0.39 is 0 Å². The molecular formula is C9H17NO. The Labute approximate surface area is 68.7 Å². The second-order valence-corrected chi connectivity index (χ2v) is 3.75. The zero-order valence-corrected chi connectivity index (χ0v) is 7.79. The molecule has 0 fully saturated rings. The average Bonchev–Trinajstić information content (AvgIpc) is 2.32. The van der Waals surface area contributed by atoms with E-state index in [2.05, 4.69) is 32.7 Å². The first kappa shape index (κ1) is 8.57. The summed E-state index contributed by atoms with van der Waals surface area (Å²) < 4.78 is 5.43. The molecule has 2 heteroatoms. The van der Waals surface area contributed by atoms with Crippen LogP contribution in [0, 0.1) is 5.92 Å². The summed E-state index contributed by atoms with van der Waals surface area (Å²) in [6, 6.07) is 0.